The van der Waals surface area contributed by atoms with E-state index in [2.05, 4.69) is 15.9 Å². The first-order valence-electron chi connectivity index (χ1n) is 13.4. The van der Waals surface area contributed by atoms with E-state index in [-0.39, 0.29) is 36.7 Å². The molecule has 4 bridgehead atoms. The monoisotopic (exact) mass is 579 g/mol. The molecule has 2 saturated heterocycles. The Bertz CT molecular complexity index is 1570. The fraction of sp³-hybridized carbons (Fsp3) is 0.483. The van der Waals surface area contributed by atoms with Crippen molar-refractivity contribution in [3.63, 3.8) is 0 Å². The van der Waals surface area contributed by atoms with Crippen LogP contribution in [0.4, 0.5) is 0 Å². The smallest absolute Gasteiger partial charge is 0.375 e. The average molecular weight is 580 g/mol. The molecular formula is C29H29N3O8S. The molecule has 214 valence electrons. The molecule has 0 amide bonds. The van der Waals surface area contributed by atoms with Gasteiger partial charge in [-0.05, 0) is 38.4 Å². The van der Waals surface area contributed by atoms with E-state index >= 15 is 0 Å². The number of thioether (sulfide) groups is 1. The highest BCUT2D eigenvalue weighted by Gasteiger charge is 2.60. The zero-order valence-electron chi connectivity index (χ0n) is 23.0. The van der Waals surface area contributed by atoms with Crippen LogP contribution in [0, 0.1) is 25.2 Å². The van der Waals surface area contributed by atoms with Gasteiger partial charge in [-0.15, -0.1) is 11.8 Å². The molecule has 11 nitrogen and oxygen atoms in total. The molecule has 5 heterocycles. The molecule has 7 rings (SSSR count). The van der Waals surface area contributed by atoms with Crippen molar-refractivity contribution >= 4 is 23.5 Å². The van der Waals surface area contributed by atoms with Crippen LogP contribution in [0.25, 0.3) is 0 Å². The van der Waals surface area contributed by atoms with Crippen LogP contribution >= 0.6 is 11.8 Å². The second kappa shape index (κ2) is 9.17. The number of phenolic OH excluding ortho intramolecular Hbond substituents is 2. The second-order valence-corrected chi connectivity index (χ2v) is 12.3. The van der Waals surface area contributed by atoms with Crippen LogP contribution in [0.2, 0.25) is 0 Å². The average Bonchev–Trinajstić information content (AvgIpc) is 3.44. The Labute approximate surface area is 240 Å². The zero-order valence-corrected chi connectivity index (χ0v) is 23.8. The molecule has 6 atom stereocenters. The van der Waals surface area contributed by atoms with E-state index in [0.29, 0.717) is 45.9 Å². The van der Waals surface area contributed by atoms with E-state index in [1.807, 2.05) is 20.0 Å². The van der Waals surface area contributed by atoms with Crippen molar-refractivity contribution in [1.29, 1.82) is 5.26 Å². The summed E-state index contributed by atoms with van der Waals surface area (Å²) >= 11 is 1.22. The molecule has 2 N–H and O–H groups in total. The van der Waals surface area contributed by atoms with E-state index in [4.69, 9.17) is 18.9 Å². The Kier molecular flexibility index (Phi) is 5.87. The third kappa shape index (κ3) is 3.40. The molecule has 1 unspecified atom stereocenters. The number of ketones is 1. The zero-order chi connectivity index (χ0) is 28.9. The quantitative estimate of drug-likeness (QED) is 0.379. The van der Waals surface area contributed by atoms with Gasteiger partial charge < -0.3 is 29.2 Å². The number of aryl methyl sites for hydroxylation is 1. The van der Waals surface area contributed by atoms with Crippen molar-refractivity contribution in [2.24, 2.45) is 0 Å². The number of nitriles is 1. The molecule has 41 heavy (non-hydrogen) atoms. The predicted octanol–water partition coefficient (Wildman–Crippen LogP) is 2.58. The summed E-state index contributed by atoms with van der Waals surface area (Å²) in [4.78, 5) is 29.6. The number of carbonyl (C=O) groups excluding carboxylic acids is 2. The number of rotatable bonds is 1. The van der Waals surface area contributed by atoms with Crippen molar-refractivity contribution in [2.45, 2.75) is 55.7 Å². The number of aromatic hydroxyl groups is 2. The summed E-state index contributed by atoms with van der Waals surface area (Å²) in [6, 6.07) is 1.99. The van der Waals surface area contributed by atoms with Crippen molar-refractivity contribution in [3.8, 4) is 34.8 Å². The lowest BCUT2D eigenvalue weighted by Gasteiger charge is -2.61. The highest BCUT2D eigenvalue weighted by molar-refractivity contribution is 8.00. The third-order valence-electron chi connectivity index (χ3n) is 9.32. The largest absolute Gasteiger partial charge is 0.507 e. The number of likely N-dealkylation sites (N-methyl/N-ethyl adjacent to an activating group) is 1. The molecule has 2 aromatic rings. The SMILES string of the molecule is COc1c(C)cc2c(c1O)[C@@H]1C3[C@@H]4SCC(=O)C(=O)OC[C@@H](c5c6c(c(C)c(O)c54)OCO6)N3[C@@H](C#N)[C@@H](C2)N1C. The van der Waals surface area contributed by atoms with Gasteiger partial charge in [-0.25, -0.2) is 4.79 Å². The van der Waals surface area contributed by atoms with Crippen molar-refractivity contribution < 1.29 is 38.7 Å². The van der Waals surface area contributed by atoms with Crippen LogP contribution in [0.3, 0.4) is 0 Å². The Morgan fingerprint density at radius 2 is 1.85 bits per heavy atom. The van der Waals surface area contributed by atoms with E-state index in [1.54, 1.807) is 6.92 Å². The minimum Gasteiger partial charge on any atom is -0.507 e. The van der Waals surface area contributed by atoms with Gasteiger partial charge >= 0.3 is 5.97 Å². The number of benzene rings is 2. The number of cyclic esters (lactones) is 1. The first-order chi connectivity index (χ1) is 19.7. The summed E-state index contributed by atoms with van der Waals surface area (Å²) in [5, 5.41) is 33.4. The lowest BCUT2D eigenvalue weighted by Crippen LogP contribution is -2.69. The number of ether oxygens (including phenoxy) is 4. The van der Waals surface area contributed by atoms with E-state index in [1.165, 1.54) is 18.9 Å². The maximum Gasteiger partial charge on any atom is 0.375 e. The van der Waals surface area contributed by atoms with Crippen LogP contribution in [0.5, 0.6) is 28.7 Å². The molecule has 0 saturated carbocycles. The molecule has 0 aliphatic carbocycles. The standard InChI is InChI=1S/C29H29N3O8S/c1-11-5-13-6-14-15(7-30)32-16-8-38-29(36)17(33)9-41-28(20-19(16)27-26(39-10-40-27)12(2)23(20)34)22(32)21(31(14)3)18(13)24(35)25(11)37-4/h5,14-16,21-22,28,34-35H,6,8-10H2,1-4H3/t14-,15+,16+,21-,22?,28-/m1/s1. The van der Waals surface area contributed by atoms with Crippen LogP contribution in [-0.2, 0) is 20.7 Å². The number of nitrogens with zero attached hydrogens (tertiary/aromatic N) is 3. The number of hydrogen-bond donors (Lipinski definition) is 2. The highest BCUT2D eigenvalue weighted by atomic mass is 32.2. The van der Waals surface area contributed by atoms with Crippen LogP contribution < -0.4 is 14.2 Å². The molecule has 0 radical (unpaired) electrons. The summed E-state index contributed by atoms with van der Waals surface area (Å²) in [6.07, 6.45) is 0.509. The normalized spacial score (nSPS) is 30.1. The molecule has 0 aromatic heterocycles. The van der Waals surface area contributed by atoms with Gasteiger partial charge in [0.05, 0.1) is 36.3 Å². The number of Topliss-reactive ketones (excluding diaryl/α,β-unsaturated/α-hetero) is 1. The number of hydrogen-bond acceptors (Lipinski definition) is 12. The Hall–Kier alpha value is -3.66. The summed E-state index contributed by atoms with van der Waals surface area (Å²) in [6.45, 7) is 3.37. The Balaban J connectivity index is 1.55. The maximum absolute atomic E-state index is 12.8. The summed E-state index contributed by atoms with van der Waals surface area (Å²) in [5.41, 5.74) is 4.11. The third-order valence-corrected chi connectivity index (χ3v) is 10.6. The summed E-state index contributed by atoms with van der Waals surface area (Å²) in [5.74, 6) is -0.472. The topological polar surface area (TPSA) is 142 Å². The van der Waals surface area contributed by atoms with Crippen molar-refractivity contribution in [2.75, 3.05) is 33.3 Å². The summed E-state index contributed by atoms with van der Waals surface area (Å²) in [7, 11) is 3.46. The predicted molar refractivity (Wildman–Crippen MR) is 145 cm³/mol. The lowest BCUT2D eigenvalue weighted by molar-refractivity contribution is -0.157. The van der Waals surface area contributed by atoms with Crippen molar-refractivity contribution in [3.05, 3.63) is 39.4 Å². The number of methoxy groups -OCH3 is 1. The molecular weight excluding hydrogens is 550 g/mol. The minimum atomic E-state index is -0.931. The minimum absolute atomic E-state index is 0.0192. The molecule has 2 fully saturated rings. The fourth-order valence-corrected chi connectivity index (χ4v) is 8.98. The van der Waals surface area contributed by atoms with Gasteiger partial charge in [0.2, 0.25) is 12.6 Å². The van der Waals surface area contributed by atoms with Crippen LogP contribution in [-0.4, -0.2) is 83.2 Å². The Morgan fingerprint density at radius 1 is 1.10 bits per heavy atom. The van der Waals surface area contributed by atoms with Gasteiger partial charge in [0.25, 0.3) is 0 Å². The number of esters is 1. The van der Waals surface area contributed by atoms with Gasteiger partial charge in [-0.2, -0.15) is 5.26 Å². The maximum atomic E-state index is 12.8. The Morgan fingerprint density at radius 3 is 2.59 bits per heavy atom. The van der Waals surface area contributed by atoms with Gasteiger partial charge in [0, 0.05) is 34.3 Å². The van der Waals surface area contributed by atoms with E-state index < -0.39 is 41.2 Å². The first kappa shape index (κ1) is 26.3. The number of phenols is 2. The fourth-order valence-electron chi connectivity index (χ4n) is 7.64. The first-order valence-corrected chi connectivity index (χ1v) is 14.5. The highest BCUT2D eigenvalue weighted by Crippen LogP contribution is 2.63. The van der Waals surface area contributed by atoms with Gasteiger partial charge in [-0.1, -0.05) is 6.07 Å². The van der Waals surface area contributed by atoms with Gasteiger partial charge in [-0.3, -0.25) is 14.6 Å². The summed E-state index contributed by atoms with van der Waals surface area (Å²) < 4.78 is 22.9. The van der Waals surface area contributed by atoms with Gasteiger partial charge in [0.1, 0.15) is 18.4 Å². The number of carbonyl (C=O) groups is 2. The molecule has 2 aromatic carbocycles. The van der Waals surface area contributed by atoms with Gasteiger partial charge in [0.15, 0.2) is 23.0 Å². The molecule has 5 aliphatic heterocycles. The molecule has 0 spiro atoms. The molecule has 12 heteroatoms. The lowest BCUT2D eigenvalue weighted by atomic mass is 9.71. The van der Waals surface area contributed by atoms with Crippen LogP contribution in [0.15, 0.2) is 6.07 Å². The van der Waals surface area contributed by atoms with E-state index in [0.717, 1.165) is 11.1 Å². The molecule has 5 aliphatic rings. The second-order valence-electron chi connectivity index (χ2n) is 11.2. The number of piperazine rings is 1. The van der Waals surface area contributed by atoms with E-state index in [9.17, 15) is 25.1 Å². The van der Waals surface area contributed by atoms with Crippen LogP contribution in [0.1, 0.15) is 50.7 Å². The number of fused-ring (bicyclic) bond motifs is 9. The van der Waals surface area contributed by atoms with Crippen molar-refractivity contribution in [1.82, 2.24) is 9.80 Å².